The molecule has 0 fully saturated rings. The van der Waals surface area contributed by atoms with Gasteiger partial charge in [-0.1, -0.05) is 0 Å². The van der Waals surface area contributed by atoms with E-state index in [2.05, 4.69) is 51.6 Å². The van der Waals surface area contributed by atoms with Crippen molar-refractivity contribution < 1.29 is 4.74 Å². The number of ether oxygens (including phenoxy) is 1. The van der Waals surface area contributed by atoms with Gasteiger partial charge < -0.3 is 15.4 Å². The zero-order valence-electron chi connectivity index (χ0n) is 14.3. The van der Waals surface area contributed by atoms with E-state index in [1.54, 1.807) is 14.2 Å². The second-order valence-electron chi connectivity index (χ2n) is 6.13. The van der Waals surface area contributed by atoms with Gasteiger partial charge in [-0.2, -0.15) is 5.10 Å². The number of guanidine groups is 1. The molecule has 1 aromatic heterocycles. The number of H-pyrrole nitrogens is 1. The summed E-state index contributed by atoms with van der Waals surface area (Å²) in [7, 11) is 3.38. The van der Waals surface area contributed by atoms with Gasteiger partial charge in [0.25, 0.3) is 0 Å². The fourth-order valence-electron chi connectivity index (χ4n) is 1.95. The average molecular weight is 316 g/mol. The van der Waals surface area contributed by atoms with Crippen LogP contribution in [0.4, 0.5) is 0 Å². The minimum atomic E-state index is -0.0580. The number of nitrogens with one attached hydrogen (secondary N) is 3. The number of rotatable bonds is 4. The summed E-state index contributed by atoms with van der Waals surface area (Å²) < 4.78 is 5.15. The molecule has 2 rings (SSSR count). The molecule has 0 bridgehead atoms. The molecular formula is C16H24N6O. The van der Waals surface area contributed by atoms with Crippen LogP contribution in [0.2, 0.25) is 0 Å². The van der Waals surface area contributed by atoms with Crippen molar-refractivity contribution in [2.24, 2.45) is 4.99 Å². The molecule has 0 aliphatic rings. The van der Waals surface area contributed by atoms with E-state index in [1.165, 1.54) is 0 Å². The van der Waals surface area contributed by atoms with Crippen molar-refractivity contribution in [1.82, 2.24) is 25.8 Å². The summed E-state index contributed by atoms with van der Waals surface area (Å²) in [5, 5.41) is 13.7. The van der Waals surface area contributed by atoms with Crippen LogP contribution in [0.1, 0.15) is 26.6 Å². The maximum absolute atomic E-state index is 5.15. The molecule has 0 unspecified atom stereocenters. The Morgan fingerprint density at radius 3 is 2.52 bits per heavy atom. The van der Waals surface area contributed by atoms with Crippen LogP contribution >= 0.6 is 0 Å². The number of hydrogen-bond acceptors (Lipinski definition) is 4. The topological polar surface area (TPSA) is 87.2 Å². The molecule has 0 radical (unpaired) electrons. The smallest absolute Gasteiger partial charge is 0.191 e. The number of aliphatic imine (C=N–C) groups is 1. The summed E-state index contributed by atoms with van der Waals surface area (Å²) >= 11 is 0. The van der Waals surface area contributed by atoms with Gasteiger partial charge in [0.05, 0.1) is 13.7 Å². The van der Waals surface area contributed by atoms with Crippen molar-refractivity contribution >= 4 is 5.96 Å². The minimum absolute atomic E-state index is 0.0580. The van der Waals surface area contributed by atoms with E-state index in [-0.39, 0.29) is 5.54 Å². The van der Waals surface area contributed by atoms with Gasteiger partial charge in [0.15, 0.2) is 11.8 Å². The third kappa shape index (κ3) is 4.98. The van der Waals surface area contributed by atoms with Gasteiger partial charge >= 0.3 is 0 Å². The van der Waals surface area contributed by atoms with Crippen molar-refractivity contribution in [2.45, 2.75) is 32.9 Å². The average Bonchev–Trinajstić information content (AvgIpc) is 2.99. The Morgan fingerprint density at radius 2 is 1.96 bits per heavy atom. The van der Waals surface area contributed by atoms with Gasteiger partial charge in [0.2, 0.25) is 0 Å². The van der Waals surface area contributed by atoms with Crippen LogP contribution in [0.3, 0.4) is 0 Å². The van der Waals surface area contributed by atoms with Gasteiger partial charge in [-0.15, -0.1) is 0 Å². The lowest BCUT2D eigenvalue weighted by Crippen LogP contribution is -2.47. The molecule has 1 heterocycles. The summed E-state index contributed by atoms with van der Waals surface area (Å²) in [5.74, 6) is 2.93. The van der Waals surface area contributed by atoms with E-state index < -0.39 is 0 Å². The summed E-state index contributed by atoms with van der Waals surface area (Å²) in [5.41, 5.74) is 0.878. The second kappa shape index (κ2) is 7.13. The minimum Gasteiger partial charge on any atom is -0.497 e. The van der Waals surface area contributed by atoms with Crippen LogP contribution in [0.25, 0.3) is 11.4 Å². The summed E-state index contributed by atoms with van der Waals surface area (Å²) in [6.07, 6.45) is 0. The maximum Gasteiger partial charge on any atom is 0.191 e. The predicted octanol–water partition coefficient (Wildman–Crippen LogP) is 1.94. The van der Waals surface area contributed by atoms with Crippen molar-refractivity contribution in [3.05, 3.63) is 30.1 Å². The van der Waals surface area contributed by atoms with Crippen LogP contribution in [-0.4, -0.2) is 40.8 Å². The molecule has 124 valence electrons. The SMILES string of the molecule is CN=C(NCc1nc(-c2ccc(OC)cc2)n[nH]1)NC(C)(C)C. The molecule has 0 aliphatic carbocycles. The Hall–Kier alpha value is -2.57. The predicted molar refractivity (Wildman–Crippen MR) is 91.5 cm³/mol. The molecule has 3 N–H and O–H groups in total. The first kappa shape index (κ1) is 16.8. The highest BCUT2D eigenvalue weighted by molar-refractivity contribution is 5.80. The fourth-order valence-corrected chi connectivity index (χ4v) is 1.95. The molecule has 0 atom stereocenters. The second-order valence-corrected chi connectivity index (χ2v) is 6.13. The first-order valence-corrected chi connectivity index (χ1v) is 7.46. The lowest BCUT2D eigenvalue weighted by molar-refractivity contribution is 0.415. The molecule has 0 aliphatic heterocycles. The van der Waals surface area contributed by atoms with E-state index in [0.29, 0.717) is 12.4 Å². The number of hydrogen-bond donors (Lipinski definition) is 3. The van der Waals surface area contributed by atoms with Crippen LogP contribution in [-0.2, 0) is 6.54 Å². The van der Waals surface area contributed by atoms with Crippen LogP contribution in [0.5, 0.6) is 5.75 Å². The summed E-state index contributed by atoms with van der Waals surface area (Å²) in [6, 6.07) is 7.63. The van der Waals surface area contributed by atoms with Gasteiger partial charge in [-0.25, -0.2) is 4.98 Å². The van der Waals surface area contributed by atoms with Gasteiger partial charge in [0.1, 0.15) is 11.6 Å². The van der Waals surface area contributed by atoms with Gasteiger partial charge in [-0.05, 0) is 45.0 Å². The quantitative estimate of drug-likeness (QED) is 0.593. The van der Waals surface area contributed by atoms with E-state index >= 15 is 0 Å². The Balaban J connectivity index is 1.99. The molecular weight excluding hydrogens is 292 g/mol. The van der Waals surface area contributed by atoms with Crippen molar-refractivity contribution in [3.63, 3.8) is 0 Å². The molecule has 2 aromatic rings. The lowest BCUT2D eigenvalue weighted by atomic mass is 10.1. The van der Waals surface area contributed by atoms with Crippen LogP contribution in [0, 0.1) is 0 Å². The zero-order valence-corrected chi connectivity index (χ0v) is 14.3. The van der Waals surface area contributed by atoms with Crippen LogP contribution in [0.15, 0.2) is 29.3 Å². The van der Waals surface area contributed by atoms with Crippen molar-refractivity contribution in [3.8, 4) is 17.1 Å². The molecule has 0 saturated heterocycles. The number of benzene rings is 1. The summed E-state index contributed by atoms with van der Waals surface area (Å²) in [6.45, 7) is 6.75. The Kier molecular flexibility index (Phi) is 5.20. The third-order valence-corrected chi connectivity index (χ3v) is 3.02. The fraction of sp³-hybridized carbons (Fsp3) is 0.438. The van der Waals surface area contributed by atoms with E-state index in [0.717, 1.165) is 23.1 Å². The monoisotopic (exact) mass is 316 g/mol. The van der Waals surface area contributed by atoms with E-state index in [4.69, 9.17) is 4.74 Å². The largest absolute Gasteiger partial charge is 0.497 e. The first-order valence-electron chi connectivity index (χ1n) is 7.46. The van der Waals surface area contributed by atoms with Crippen molar-refractivity contribution in [2.75, 3.05) is 14.2 Å². The molecule has 0 spiro atoms. The molecule has 0 amide bonds. The van der Waals surface area contributed by atoms with Gasteiger partial charge in [0, 0.05) is 18.2 Å². The zero-order chi connectivity index (χ0) is 16.9. The molecule has 7 heteroatoms. The van der Waals surface area contributed by atoms with Crippen molar-refractivity contribution in [1.29, 1.82) is 0 Å². The molecule has 0 saturated carbocycles. The third-order valence-electron chi connectivity index (χ3n) is 3.02. The van der Waals surface area contributed by atoms with Gasteiger partial charge in [-0.3, -0.25) is 10.1 Å². The number of aromatic amines is 1. The Labute approximate surface area is 136 Å². The molecule has 23 heavy (non-hydrogen) atoms. The Bertz CT molecular complexity index is 654. The highest BCUT2D eigenvalue weighted by atomic mass is 16.5. The highest BCUT2D eigenvalue weighted by Gasteiger charge is 2.12. The maximum atomic E-state index is 5.15. The molecule has 1 aromatic carbocycles. The highest BCUT2D eigenvalue weighted by Crippen LogP contribution is 2.18. The lowest BCUT2D eigenvalue weighted by Gasteiger charge is -2.23. The standard InChI is InChI=1S/C16H24N6O/c1-16(2,3)20-15(17-4)18-10-13-19-14(22-21-13)11-6-8-12(23-5)9-7-11/h6-9H,10H2,1-5H3,(H2,17,18,20)(H,19,21,22). The first-order chi connectivity index (χ1) is 10.9. The number of aromatic nitrogens is 3. The number of nitrogens with zero attached hydrogens (tertiary/aromatic N) is 3. The number of methoxy groups -OCH3 is 1. The molecule has 7 nitrogen and oxygen atoms in total. The summed E-state index contributed by atoms with van der Waals surface area (Å²) in [4.78, 5) is 8.68. The Morgan fingerprint density at radius 1 is 1.26 bits per heavy atom. The van der Waals surface area contributed by atoms with Crippen LogP contribution < -0.4 is 15.4 Å². The normalized spacial score (nSPS) is 12.1. The van der Waals surface area contributed by atoms with E-state index in [1.807, 2.05) is 24.3 Å². The van der Waals surface area contributed by atoms with E-state index in [9.17, 15) is 0 Å².